The Hall–Kier alpha value is -1.42. The van der Waals surface area contributed by atoms with Crippen LogP contribution >= 0.6 is 11.6 Å². The minimum absolute atomic E-state index is 0.202. The van der Waals surface area contributed by atoms with Crippen LogP contribution in [0.1, 0.15) is 18.4 Å². The summed E-state index contributed by atoms with van der Waals surface area (Å²) in [7, 11) is 0. The van der Waals surface area contributed by atoms with E-state index in [1.54, 1.807) is 13.1 Å². The summed E-state index contributed by atoms with van der Waals surface area (Å²) in [5.74, 6) is -0.202. The number of aldehydes is 1. The number of nitrogens with one attached hydrogen (secondary N) is 1. The molecule has 0 amide bonds. The average molecular weight is 210 g/mol. The molecule has 5 heteroatoms. The van der Waals surface area contributed by atoms with Crippen molar-refractivity contribution in [2.45, 2.75) is 12.8 Å². The third-order valence-corrected chi connectivity index (χ3v) is 2.44. The first-order valence-electron chi connectivity index (χ1n) is 4.17. The third kappa shape index (κ3) is 1.28. The summed E-state index contributed by atoms with van der Waals surface area (Å²) in [4.78, 5) is 21.5. The molecular formula is C9H8ClN3O. The van der Waals surface area contributed by atoms with Crippen molar-refractivity contribution in [2.75, 3.05) is 0 Å². The predicted octanol–water partition coefficient (Wildman–Crippen LogP) is 1.91. The van der Waals surface area contributed by atoms with E-state index in [0.717, 1.165) is 17.2 Å². The van der Waals surface area contributed by atoms with Crippen molar-refractivity contribution in [1.82, 2.24) is 15.0 Å². The Balaban J connectivity index is 2.72. The molecule has 0 fully saturated rings. The Labute approximate surface area is 85.3 Å². The van der Waals surface area contributed by atoms with E-state index in [-0.39, 0.29) is 5.92 Å². The number of halogens is 1. The highest BCUT2D eigenvalue weighted by Gasteiger charge is 2.14. The molecular weight excluding hydrogens is 202 g/mol. The molecule has 0 radical (unpaired) electrons. The van der Waals surface area contributed by atoms with Crippen LogP contribution in [0.3, 0.4) is 0 Å². The Morgan fingerprint density at radius 1 is 1.57 bits per heavy atom. The van der Waals surface area contributed by atoms with E-state index in [4.69, 9.17) is 11.6 Å². The monoisotopic (exact) mass is 209 g/mol. The number of H-pyrrole nitrogens is 1. The summed E-state index contributed by atoms with van der Waals surface area (Å²) in [6.45, 7) is 1.80. The first kappa shape index (κ1) is 9.15. The molecule has 0 aromatic carbocycles. The number of rotatable bonds is 2. The second-order valence-corrected chi connectivity index (χ2v) is 3.41. The Kier molecular flexibility index (Phi) is 2.21. The molecule has 1 atom stereocenters. The van der Waals surface area contributed by atoms with Crippen LogP contribution in [0.4, 0.5) is 0 Å². The summed E-state index contributed by atoms with van der Waals surface area (Å²) < 4.78 is 0. The fourth-order valence-electron chi connectivity index (χ4n) is 1.38. The molecule has 2 aromatic rings. The molecule has 2 rings (SSSR count). The highest BCUT2D eigenvalue weighted by Crippen LogP contribution is 2.27. The van der Waals surface area contributed by atoms with Crippen molar-refractivity contribution in [3.8, 4) is 0 Å². The average Bonchev–Trinajstić information content (AvgIpc) is 2.62. The molecule has 0 saturated heterocycles. The summed E-state index contributed by atoms with van der Waals surface area (Å²) in [6.07, 6.45) is 3.99. The molecule has 1 unspecified atom stereocenters. The second kappa shape index (κ2) is 3.38. The summed E-state index contributed by atoms with van der Waals surface area (Å²) in [5, 5.41) is 1.11. The van der Waals surface area contributed by atoms with Gasteiger partial charge in [-0.3, -0.25) is 0 Å². The van der Waals surface area contributed by atoms with Crippen LogP contribution in [0.15, 0.2) is 12.5 Å². The topological polar surface area (TPSA) is 58.6 Å². The molecule has 0 aliphatic rings. The number of aromatic nitrogens is 3. The predicted molar refractivity (Wildman–Crippen MR) is 53.4 cm³/mol. The van der Waals surface area contributed by atoms with Gasteiger partial charge in [-0.25, -0.2) is 9.97 Å². The van der Waals surface area contributed by atoms with Gasteiger partial charge in [-0.1, -0.05) is 18.5 Å². The van der Waals surface area contributed by atoms with E-state index < -0.39 is 0 Å². The molecule has 72 valence electrons. The molecule has 0 saturated carbocycles. The maximum Gasteiger partial charge on any atom is 0.142 e. The second-order valence-electron chi connectivity index (χ2n) is 3.06. The highest BCUT2D eigenvalue weighted by molar-refractivity contribution is 6.34. The summed E-state index contributed by atoms with van der Waals surface area (Å²) in [5.41, 5.74) is 1.49. The van der Waals surface area contributed by atoms with Gasteiger partial charge in [0.25, 0.3) is 0 Å². The molecule has 4 nitrogen and oxygen atoms in total. The first-order valence-corrected chi connectivity index (χ1v) is 4.54. The van der Waals surface area contributed by atoms with E-state index in [1.165, 1.54) is 6.33 Å². The Morgan fingerprint density at radius 2 is 2.36 bits per heavy atom. The van der Waals surface area contributed by atoms with E-state index >= 15 is 0 Å². The van der Waals surface area contributed by atoms with E-state index in [2.05, 4.69) is 15.0 Å². The Morgan fingerprint density at radius 3 is 3.07 bits per heavy atom. The van der Waals surface area contributed by atoms with Crippen LogP contribution < -0.4 is 0 Å². The van der Waals surface area contributed by atoms with Gasteiger partial charge in [0.2, 0.25) is 0 Å². The molecule has 2 heterocycles. The van der Waals surface area contributed by atoms with Gasteiger partial charge in [-0.2, -0.15) is 0 Å². The van der Waals surface area contributed by atoms with Crippen molar-refractivity contribution < 1.29 is 4.79 Å². The fourth-order valence-corrected chi connectivity index (χ4v) is 1.62. The quantitative estimate of drug-likeness (QED) is 0.607. The van der Waals surface area contributed by atoms with E-state index in [0.29, 0.717) is 10.8 Å². The number of aromatic amines is 1. The highest BCUT2D eigenvalue weighted by atomic mass is 35.5. The van der Waals surface area contributed by atoms with Gasteiger partial charge in [0.05, 0.1) is 5.39 Å². The van der Waals surface area contributed by atoms with Crippen LogP contribution in [-0.4, -0.2) is 21.2 Å². The summed E-state index contributed by atoms with van der Waals surface area (Å²) in [6, 6.07) is 0. The number of nitrogens with zero attached hydrogens (tertiary/aromatic N) is 2. The van der Waals surface area contributed by atoms with Gasteiger partial charge in [-0.15, -0.1) is 0 Å². The lowest BCUT2D eigenvalue weighted by atomic mass is 10.0. The molecule has 0 spiro atoms. The van der Waals surface area contributed by atoms with Crippen LogP contribution in [0, 0.1) is 0 Å². The Bertz CT molecular complexity index is 480. The van der Waals surface area contributed by atoms with Gasteiger partial charge >= 0.3 is 0 Å². The zero-order valence-electron chi connectivity index (χ0n) is 7.49. The molecule has 2 aromatic heterocycles. The number of hydrogen-bond acceptors (Lipinski definition) is 3. The van der Waals surface area contributed by atoms with Gasteiger partial charge in [-0.05, 0) is 5.56 Å². The number of hydrogen-bond donors (Lipinski definition) is 1. The lowest BCUT2D eigenvalue weighted by Crippen LogP contribution is -1.93. The van der Waals surface area contributed by atoms with Crippen molar-refractivity contribution in [3.63, 3.8) is 0 Å². The largest absolute Gasteiger partial charge is 0.346 e. The molecule has 14 heavy (non-hydrogen) atoms. The van der Waals surface area contributed by atoms with Gasteiger partial charge in [0.1, 0.15) is 23.4 Å². The first-order chi connectivity index (χ1) is 6.74. The van der Waals surface area contributed by atoms with Crippen molar-refractivity contribution >= 4 is 28.9 Å². The zero-order valence-corrected chi connectivity index (χ0v) is 8.25. The minimum atomic E-state index is -0.202. The maximum atomic E-state index is 10.7. The van der Waals surface area contributed by atoms with Gasteiger partial charge in [0, 0.05) is 12.1 Å². The molecule has 0 bridgehead atoms. The minimum Gasteiger partial charge on any atom is -0.346 e. The van der Waals surface area contributed by atoms with Crippen LogP contribution in [-0.2, 0) is 4.79 Å². The zero-order chi connectivity index (χ0) is 10.1. The number of fused-ring (bicyclic) bond motifs is 1. The third-order valence-electron chi connectivity index (χ3n) is 2.15. The van der Waals surface area contributed by atoms with Crippen molar-refractivity contribution in [2.24, 2.45) is 0 Å². The van der Waals surface area contributed by atoms with Crippen molar-refractivity contribution in [3.05, 3.63) is 23.2 Å². The molecule has 0 aliphatic carbocycles. The van der Waals surface area contributed by atoms with Crippen LogP contribution in [0.2, 0.25) is 5.15 Å². The lowest BCUT2D eigenvalue weighted by molar-refractivity contribution is -0.108. The smallest absolute Gasteiger partial charge is 0.142 e. The van der Waals surface area contributed by atoms with Crippen LogP contribution in [0.5, 0.6) is 0 Å². The number of carbonyl (C=O) groups excluding carboxylic acids is 1. The van der Waals surface area contributed by atoms with Crippen molar-refractivity contribution in [1.29, 1.82) is 0 Å². The maximum absolute atomic E-state index is 10.7. The molecule has 1 N–H and O–H groups in total. The molecule has 0 aliphatic heterocycles. The summed E-state index contributed by atoms with van der Waals surface area (Å²) >= 11 is 5.92. The normalized spacial score (nSPS) is 13.0. The fraction of sp³-hybridized carbons (Fsp3) is 0.222. The van der Waals surface area contributed by atoms with Gasteiger partial charge in [0.15, 0.2) is 0 Å². The van der Waals surface area contributed by atoms with E-state index in [9.17, 15) is 4.79 Å². The van der Waals surface area contributed by atoms with Crippen LogP contribution in [0.25, 0.3) is 11.0 Å². The number of carbonyl (C=O) groups is 1. The lowest BCUT2D eigenvalue weighted by Gasteiger charge is -2.00. The van der Waals surface area contributed by atoms with Gasteiger partial charge < -0.3 is 9.78 Å². The standard InChI is InChI=1S/C9H8ClN3O/c1-5(3-14)6-2-11-9-7(6)8(10)12-4-13-9/h2-5H,1H3,(H,11,12,13). The van der Waals surface area contributed by atoms with E-state index in [1.807, 2.05) is 0 Å². The SMILES string of the molecule is CC(C=O)c1c[nH]c2ncnc(Cl)c12.